The molecule has 0 bridgehead atoms. The Morgan fingerprint density at radius 2 is 1.65 bits per heavy atom. The maximum atomic E-state index is 12.3. The average molecular weight is 233 g/mol. The highest BCUT2D eigenvalue weighted by Crippen LogP contribution is 2.14. The Morgan fingerprint density at radius 3 is 2.12 bits per heavy atom. The van der Waals surface area contributed by atoms with Gasteiger partial charge in [0.2, 0.25) is 0 Å². The number of hydrogen-bond donors (Lipinski definition) is 0. The lowest BCUT2D eigenvalue weighted by molar-refractivity contribution is 0.0714. The lowest BCUT2D eigenvalue weighted by Gasteiger charge is -2.28. The Kier molecular flexibility index (Phi) is 5.75. The van der Waals surface area contributed by atoms with Crippen molar-refractivity contribution in [3.63, 3.8) is 0 Å². The van der Waals surface area contributed by atoms with Gasteiger partial charge in [-0.15, -0.1) is 0 Å². The third-order valence-corrected chi connectivity index (χ3v) is 3.13. The van der Waals surface area contributed by atoms with Crippen LogP contribution < -0.4 is 0 Å². The zero-order chi connectivity index (χ0) is 12.7. The number of amides is 1. The number of benzene rings is 1. The molecule has 0 aliphatic heterocycles. The SMILES string of the molecule is CCCC(CCC)N(C)C(=O)c1ccccc1. The molecule has 1 aromatic rings. The predicted octanol–water partition coefficient (Wildman–Crippen LogP) is 3.73. The quantitative estimate of drug-likeness (QED) is 0.733. The molecule has 0 aromatic heterocycles. The molecule has 1 amide bonds. The lowest BCUT2D eigenvalue weighted by Crippen LogP contribution is -2.36. The first-order valence-corrected chi connectivity index (χ1v) is 6.52. The first-order valence-electron chi connectivity index (χ1n) is 6.52. The standard InChI is InChI=1S/C15H23NO/c1-4-9-14(10-5-2)16(3)15(17)13-11-7-6-8-12-13/h6-8,11-12,14H,4-5,9-10H2,1-3H3. The van der Waals surface area contributed by atoms with E-state index >= 15 is 0 Å². The first kappa shape index (κ1) is 13.8. The van der Waals surface area contributed by atoms with E-state index < -0.39 is 0 Å². The van der Waals surface area contributed by atoms with Crippen molar-refractivity contribution in [2.24, 2.45) is 0 Å². The normalized spacial score (nSPS) is 10.6. The molecule has 0 spiro atoms. The molecule has 0 N–H and O–H groups in total. The van der Waals surface area contributed by atoms with Crippen molar-refractivity contribution >= 4 is 5.91 Å². The molecule has 2 nitrogen and oxygen atoms in total. The van der Waals surface area contributed by atoms with Crippen LogP contribution >= 0.6 is 0 Å². The summed E-state index contributed by atoms with van der Waals surface area (Å²) < 4.78 is 0. The van der Waals surface area contributed by atoms with Crippen LogP contribution in [0.4, 0.5) is 0 Å². The molecule has 0 fully saturated rings. The molecular formula is C15H23NO. The highest BCUT2D eigenvalue weighted by atomic mass is 16.2. The van der Waals surface area contributed by atoms with Crippen LogP contribution in [0.2, 0.25) is 0 Å². The smallest absolute Gasteiger partial charge is 0.253 e. The molecular weight excluding hydrogens is 210 g/mol. The van der Waals surface area contributed by atoms with E-state index in [1.54, 1.807) is 0 Å². The van der Waals surface area contributed by atoms with Crippen molar-refractivity contribution in [2.75, 3.05) is 7.05 Å². The van der Waals surface area contributed by atoms with Crippen LogP contribution in [-0.2, 0) is 0 Å². The van der Waals surface area contributed by atoms with E-state index in [9.17, 15) is 4.79 Å². The summed E-state index contributed by atoms with van der Waals surface area (Å²) in [6.45, 7) is 4.34. The predicted molar refractivity (Wildman–Crippen MR) is 72.1 cm³/mol. The van der Waals surface area contributed by atoms with E-state index in [-0.39, 0.29) is 5.91 Å². The van der Waals surface area contributed by atoms with Crippen molar-refractivity contribution in [1.82, 2.24) is 4.90 Å². The number of carbonyl (C=O) groups is 1. The third-order valence-electron chi connectivity index (χ3n) is 3.13. The minimum atomic E-state index is 0.137. The van der Waals surface area contributed by atoms with Gasteiger partial charge < -0.3 is 4.90 Å². The molecule has 0 saturated carbocycles. The lowest BCUT2D eigenvalue weighted by atomic mass is 10.0. The van der Waals surface area contributed by atoms with Crippen LogP contribution in [0.25, 0.3) is 0 Å². The minimum Gasteiger partial charge on any atom is -0.339 e. The van der Waals surface area contributed by atoms with E-state index in [0.29, 0.717) is 6.04 Å². The number of rotatable bonds is 6. The van der Waals surface area contributed by atoms with Crippen molar-refractivity contribution in [1.29, 1.82) is 0 Å². The summed E-state index contributed by atoms with van der Waals surface area (Å²) in [4.78, 5) is 14.2. The van der Waals surface area contributed by atoms with Gasteiger partial charge in [-0.2, -0.15) is 0 Å². The number of hydrogen-bond acceptors (Lipinski definition) is 1. The fourth-order valence-electron chi connectivity index (χ4n) is 2.15. The summed E-state index contributed by atoms with van der Waals surface area (Å²) in [7, 11) is 1.92. The van der Waals surface area contributed by atoms with Gasteiger partial charge in [-0.3, -0.25) is 4.79 Å². The van der Waals surface area contributed by atoms with Gasteiger partial charge in [0.05, 0.1) is 0 Å². The molecule has 94 valence electrons. The summed E-state index contributed by atoms with van der Waals surface area (Å²) in [6.07, 6.45) is 4.42. The highest BCUT2D eigenvalue weighted by Gasteiger charge is 2.19. The maximum Gasteiger partial charge on any atom is 0.253 e. The monoisotopic (exact) mass is 233 g/mol. The topological polar surface area (TPSA) is 20.3 Å². The maximum absolute atomic E-state index is 12.3. The van der Waals surface area contributed by atoms with Crippen LogP contribution in [0.3, 0.4) is 0 Å². The Labute approximate surface area is 105 Å². The summed E-state index contributed by atoms with van der Waals surface area (Å²) in [6, 6.07) is 9.90. The van der Waals surface area contributed by atoms with Crippen molar-refractivity contribution in [2.45, 2.75) is 45.6 Å². The Morgan fingerprint density at radius 1 is 1.12 bits per heavy atom. The van der Waals surface area contributed by atoms with Crippen LogP contribution in [0, 0.1) is 0 Å². The van der Waals surface area contributed by atoms with E-state index in [1.165, 1.54) is 0 Å². The highest BCUT2D eigenvalue weighted by molar-refractivity contribution is 5.94. The summed E-state index contributed by atoms with van der Waals surface area (Å²) in [5, 5.41) is 0. The number of nitrogens with zero attached hydrogens (tertiary/aromatic N) is 1. The van der Waals surface area contributed by atoms with Gasteiger partial charge in [-0.05, 0) is 25.0 Å². The molecule has 2 heteroatoms. The van der Waals surface area contributed by atoms with Crippen molar-refractivity contribution in [3.8, 4) is 0 Å². The van der Waals surface area contributed by atoms with Crippen LogP contribution in [0.1, 0.15) is 49.9 Å². The Balaban J connectivity index is 2.73. The van der Waals surface area contributed by atoms with Gasteiger partial charge >= 0.3 is 0 Å². The van der Waals surface area contributed by atoms with Crippen LogP contribution in [0.15, 0.2) is 30.3 Å². The molecule has 1 aromatic carbocycles. The van der Waals surface area contributed by atoms with E-state index in [1.807, 2.05) is 42.3 Å². The van der Waals surface area contributed by atoms with Crippen LogP contribution in [-0.4, -0.2) is 23.9 Å². The molecule has 0 radical (unpaired) electrons. The Hall–Kier alpha value is -1.31. The summed E-state index contributed by atoms with van der Waals surface area (Å²) in [5.74, 6) is 0.137. The molecule has 0 aliphatic carbocycles. The molecule has 1 rings (SSSR count). The third kappa shape index (κ3) is 3.88. The Bertz CT molecular complexity index is 328. The first-order chi connectivity index (χ1) is 8.20. The molecule has 0 saturated heterocycles. The molecule has 0 unspecified atom stereocenters. The minimum absolute atomic E-state index is 0.137. The second kappa shape index (κ2) is 7.10. The fraction of sp³-hybridized carbons (Fsp3) is 0.533. The van der Waals surface area contributed by atoms with Gasteiger partial charge in [0.25, 0.3) is 5.91 Å². The molecule has 17 heavy (non-hydrogen) atoms. The van der Waals surface area contributed by atoms with E-state index in [0.717, 1.165) is 31.2 Å². The summed E-state index contributed by atoms with van der Waals surface area (Å²) >= 11 is 0. The zero-order valence-corrected chi connectivity index (χ0v) is 11.1. The second-order valence-electron chi connectivity index (χ2n) is 4.51. The zero-order valence-electron chi connectivity index (χ0n) is 11.1. The molecule has 0 atom stereocenters. The van der Waals surface area contributed by atoms with Gasteiger partial charge in [-0.1, -0.05) is 44.9 Å². The van der Waals surface area contributed by atoms with Gasteiger partial charge in [0.15, 0.2) is 0 Å². The van der Waals surface area contributed by atoms with Gasteiger partial charge in [0, 0.05) is 18.7 Å². The fourth-order valence-corrected chi connectivity index (χ4v) is 2.15. The van der Waals surface area contributed by atoms with Crippen molar-refractivity contribution < 1.29 is 4.79 Å². The summed E-state index contributed by atoms with van der Waals surface area (Å²) in [5.41, 5.74) is 0.784. The van der Waals surface area contributed by atoms with Crippen LogP contribution in [0.5, 0.6) is 0 Å². The van der Waals surface area contributed by atoms with E-state index in [4.69, 9.17) is 0 Å². The number of carbonyl (C=O) groups excluding carboxylic acids is 1. The van der Waals surface area contributed by atoms with E-state index in [2.05, 4.69) is 13.8 Å². The van der Waals surface area contributed by atoms with Gasteiger partial charge in [-0.25, -0.2) is 0 Å². The van der Waals surface area contributed by atoms with Crippen molar-refractivity contribution in [3.05, 3.63) is 35.9 Å². The van der Waals surface area contributed by atoms with Gasteiger partial charge in [0.1, 0.15) is 0 Å². The molecule has 0 heterocycles. The average Bonchev–Trinajstić information content (AvgIpc) is 2.38. The molecule has 0 aliphatic rings. The second-order valence-corrected chi connectivity index (χ2v) is 4.51. The largest absolute Gasteiger partial charge is 0.339 e.